The third-order valence-corrected chi connectivity index (χ3v) is 2.26. The van der Waals surface area contributed by atoms with Crippen molar-refractivity contribution in [1.29, 1.82) is 0 Å². The van der Waals surface area contributed by atoms with E-state index in [2.05, 4.69) is 25.1 Å². The molecule has 1 heteroatoms. The third-order valence-electron chi connectivity index (χ3n) is 2.26. The Balaban J connectivity index is 3.40. The molecule has 76 valence electrons. The van der Waals surface area contributed by atoms with Crippen molar-refractivity contribution < 1.29 is 0 Å². The number of hydrogen-bond donors (Lipinski definition) is 1. The summed E-state index contributed by atoms with van der Waals surface area (Å²) in [7, 11) is 0. The highest BCUT2D eigenvalue weighted by Gasteiger charge is 2.03. The Bertz CT molecular complexity index is 135. The van der Waals surface area contributed by atoms with E-state index in [4.69, 9.17) is 6.42 Å². The van der Waals surface area contributed by atoms with Gasteiger partial charge in [0, 0.05) is 12.5 Å². The van der Waals surface area contributed by atoms with E-state index >= 15 is 0 Å². The molecule has 0 aromatic carbocycles. The van der Waals surface area contributed by atoms with Crippen LogP contribution in [-0.2, 0) is 0 Å². The SMILES string of the molecule is C#CCC(CCCCCC)NCC. The third kappa shape index (κ3) is 7.87. The van der Waals surface area contributed by atoms with Gasteiger partial charge in [-0.1, -0.05) is 39.5 Å². The van der Waals surface area contributed by atoms with E-state index in [1.807, 2.05) is 0 Å². The normalized spacial score (nSPS) is 12.4. The molecule has 0 aliphatic rings. The molecule has 0 amide bonds. The Labute approximate surface area is 83.3 Å². The molecule has 0 aromatic rings. The second-order valence-electron chi connectivity index (χ2n) is 3.51. The molecule has 1 N–H and O–H groups in total. The topological polar surface area (TPSA) is 12.0 Å². The van der Waals surface area contributed by atoms with Crippen molar-refractivity contribution in [2.45, 2.75) is 58.4 Å². The maximum atomic E-state index is 5.30. The van der Waals surface area contributed by atoms with Gasteiger partial charge in [0.2, 0.25) is 0 Å². The minimum atomic E-state index is 0.548. The van der Waals surface area contributed by atoms with Crippen molar-refractivity contribution in [1.82, 2.24) is 5.32 Å². The monoisotopic (exact) mass is 181 g/mol. The van der Waals surface area contributed by atoms with Crippen LogP contribution >= 0.6 is 0 Å². The molecule has 13 heavy (non-hydrogen) atoms. The average Bonchev–Trinajstić information content (AvgIpc) is 2.13. The minimum Gasteiger partial charge on any atom is -0.313 e. The van der Waals surface area contributed by atoms with Gasteiger partial charge in [-0.25, -0.2) is 0 Å². The molecule has 0 heterocycles. The van der Waals surface area contributed by atoms with Gasteiger partial charge in [0.1, 0.15) is 0 Å². The van der Waals surface area contributed by atoms with Crippen LogP contribution in [0.3, 0.4) is 0 Å². The fourth-order valence-electron chi connectivity index (χ4n) is 1.52. The Morgan fingerprint density at radius 2 is 2.00 bits per heavy atom. The van der Waals surface area contributed by atoms with Crippen LogP contribution in [0.15, 0.2) is 0 Å². The number of hydrogen-bond acceptors (Lipinski definition) is 1. The van der Waals surface area contributed by atoms with Crippen molar-refractivity contribution in [3.8, 4) is 12.3 Å². The molecule has 0 aliphatic carbocycles. The number of nitrogens with one attached hydrogen (secondary N) is 1. The second kappa shape index (κ2) is 9.61. The van der Waals surface area contributed by atoms with E-state index in [1.54, 1.807) is 0 Å². The Kier molecular flexibility index (Phi) is 9.25. The van der Waals surface area contributed by atoms with E-state index in [9.17, 15) is 0 Å². The first-order chi connectivity index (χ1) is 6.35. The van der Waals surface area contributed by atoms with Gasteiger partial charge in [0.15, 0.2) is 0 Å². The van der Waals surface area contributed by atoms with Crippen LogP contribution in [0.25, 0.3) is 0 Å². The molecule has 0 bridgehead atoms. The van der Waals surface area contributed by atoms with Crippen LogP contribution in [0, 0.1) is 12.3 Å². The second-order valence-corrected chi connectivity index (χ2v) is 3.51. The lowest BCUT2D eigenvalue weighted by molar-refractivity contribution is 0.473. The number of rotatable bonds is 8. The molecule has 0 aliphatic heterocycles. The van der Waals surface area contributed by atoms with Crippen molar-refractivity contribution in [2.75, 3.05) is 6.54 Å². The Morgan fingerprint density at radius 3 is 2.54 bits per heavy atom. The molecule has 1 nitrogen and oxygen atoms in total. The maximum Gasteiger partial charge on any atom is 0.0240 e. The first-order valence-corrected chi connectivity index (χ1v) is 5.52. The van der Waals surface area contributed by atoms with E-state index in [1.165, 1.54) is 32.1 Å². The predicted octanol–water partition coefficient (Wildman–Crippen LogP) is 2.96. The summed E-state index contributed by atoms with van der Waals surface area (Å²) < 4.78 is 0. The van der Waals surface area contributed by atoms with Crippen LogP contribution in [0.5, 0.6) is 0 Å². The molecular weight excluding hydrogens is 158 g/mol. The molecule has 0 radical (unpaired) electrons. The van der Waals surface area contributed by atoms with Gasteiger partial charge >= 0.3 is 0 Å². The first-order valence-electron chi connectivity index (χ1n) is 5.52. The summed E-state index contributed by atoms with van der Waals surface area (Å²) in [5, 5.41) is 3.42. The van der Waals surface area contributed by atoms with Gasteiger partial charge in [-0.2, -0.15) is 0 Å². The summed E-state index contributed by atoms with van der Waals surface area (Å²) in [4.78, 5) is 0. The van der Waals surface area contributed by atoms with Gasteiger partial charge in [-0.05, 0) is 13.0 Å². The summed E-state index contributed by atoms with van der Waals surface area (Å²) in [6.07, 6.45) is 12.7. The quantitative estimate of drug-likeness (QED) is 0.448. The lowest BCUT2D eigenvalue weighted by atomic mass is 10.1. The van der Waals surface area contributed by atoms with Gasteiger partial charge in [-0.3, -0.25) is 0 Å². The van der Waals surface area contributed by atoms with Crippen molar-refractivity contribution in [3.63, 3.8) is 0 Å². The zero-order valence-electron chi connectivity index (χ0n) is 9.10. The molecule has 1 unspecified atom stereocenters. The zero-order valence-corrected chi connectivity index (χ0v) is 9.10. The zero-order chi connectivity index (χ0) is 9.94. The summed E-state index contributed by atoms with van der Waals surface area (Å²) >= 11 is 0. The van der Waals surface area contributed by atoms with Gasteiger partial charge in [0.05, 0.1) is 0 Å². The van der Waals surface area contributed by atoms with Crippen LogP contribution in [0.2, 0.25) is 0 Å². The fourth-order valence-corrected chi connectivity index (χ4v) is 1.52. The highest BCUT2D eigenvalue weighted by Crippen LogP contribution is 2.07. The van der Waals surface area contributed by atoms with Crippen LogP contribution in [0.4, 0.5) is 0 Å². The van der Waals surface area contributed by atoms with Crippen LogP contribution in [-0.4, -0.2) is 12.6 Å². The summed E-state index contributed by atoms with van der Waals surface area (Å²) in [6, 6.07) is 0.548. The molecule has 0 rings (SSSR count). The molecule has 0 saturated heterocycles. The maximum absolute atomic E-state index is 5.30. The summed E-state index contributed by atoms with van der Waals surface area (Å²) in [6.45, 7) is 5.40. The fraction of sp³-hybridized carbons (Fsp3) is 0.833. The standard InChI is InChI=1S/C12H23N/c1-4-7-8-9-11-12(10-5-2)13-6-3/h2,12-13H,4,6-11H2,1,3H3. The molecule has 0 aromatic heterocycles. The number of terminal acetylenes is 1. The highest BCUT2D eigenvalue weighted by atomic mass is 14.9. The van der Waals surface area contributed by atoms with E-state index < -0.39 is 0 Å². The smallest absolute Gasteiger partial charge is 0.0240 e. The van der Waals surface area contributed by atoms with Crippen LogP contribution < -0.4 is 5.32 Å². The van der Waals surface area contributed by atoms with E-state index in [0.29, 0.717) is 6.04 Å². The Hall–Kier alpha value is -0.480. The Morgan fingerprint density at radius 1 is 1.23 bits per heavy atom. The predicted molar refractivity (Wildman–Crippen MR) is 59.7 cm³/mol. The number of unbranched alkanes of at least 4 members (excludes halogenated alkanes) is 3. The molecule has 0 saturated carbocycles. The molecule has 0 fully saturated rings. The lowest BCUT2D eigenvalue weighted by Crippen LogP contribution is -2.28. The molecule has 0 spiro atoms. The van der Waals surface area contributed by atoms with Gasteiger partial charge in [-0.15, -0.1) is 12.3 Å². The van der Waals surface area contributed by atoms with Crippen molar-refractivity contribution in [2.24, 2.45) is 0 Å². The van der Waals surface area contributed by atoms with Gasteiger partial charge in [0.25, 0.3) is 0 Å². The molecular formula is C12H23N. The van der Waals surface area contributed by atoms with E-state index in [-0.39, 0.29) is 0 Å². The lowest BCUT2D eigenvalue weighted by Gasteiger charge is -2.14. The largest absolute Gasteiger partial charge is 0.313 e. The summed E-state index contributed by atoms with van der Waals surface area (Å²) in [5.41, 5.74) is 0. The summed E-state index contributed by atoms with van der Waals surface area (Å²) in [5.74, 6) is 2.73. The average molecular weight is 181 g/mol. The van der Waals surface area contributed by atoms with Crippen LogP contribution in [0.1, 0.15) is 52.4 Å². The molecule has 1 atom stereocenters. The minimum absolute atomic E-state index is 0.548. The van der Waals surface area contributed by atoms with Crippen molar-refractivity contribution in [3.05, 3.63) is 0 Å². The first kappa shape index (κ1) is 12.5. The van der Waals surface area contributed by atoms with Gasteiger partial charge < -0.3 is 5.32 Å². The van der Waals surface area contributed by atoms with Crippen molar-refractivity contribution >= 4 is 0 Å². The highest BCUT2D eigenvalue weighted by molar-refractivity contribution is 4.89. The van der Waals surface area contributed by atoms with E-state index in [0.717, 1.165) is 13.0 Å².